The fourth-order valence-corrected chi connectivity index (χ4v) is 2.63. The molecule has 0 radical (unpaired) electrons. The molecular weight excluding hydrogens is 318 g/mol. The van der Waals surface area contributed by atoms with Crippen molar-refractivity contribution < 1.29 is 4.79 Å². The number of nitrogens with two attached hydrogens (primary N) is 2. The molecule has 3 rings (SSSR count). The van der Waals surface area contributed by atoms with Gasteiger partial charge in [-0.1, -0.05) is 13.3 Å². The number of hydrogen-bond donors (Lipinski definition) is 2. The Balaban J connectivity index is 2.26. The Hall–Kier alpha value is -3.29. The second-order valence-electron chi connectivity index (χ2n) is 5.59. The van der Waals surface area contributed by atoms with Crippen molar-refractivity contribution in [1.29, 1.82) is 0 Å². The van der Waals surface area contributed by atoms with Crippen molar-refractivity contribution in [1.82, 2.24) is 24.7 Å². The second kappa shape index (κ2) is 7.08. The van der Waals surface area contributed by atoms with Crippen LogP contribution in [0.4, 0.5) is 5.82 Å². The minimum atomic E-state index is -0.571. The predicted octanol–water partition coefficient (Wildman–Crippen LogP) is 1.75. The van der Waals surface area contributed by atoms with E-state index in [1.807, 2.05) is 6.07 Å². The minimum Gasteiger partial charge on any atom is -0.382 e. The van der Waals surface area contributed by atoms with Gasteiger partial charge in [0, 0.05) is 11.8 Å². The summed E-state index contributed by atoms with van der Waals surface area (Å²) in [6, 6.07) is 3.65. The molecule has 0 atom stereocenters. The van der Waals surface area contributed by atoms with Gasteiger partial charge < -0.3 is 11.5 Å². The largest absolute Gasteiger partial charge is 0.382 e. The fourth-order valence-electron chi connectivity index (χ4n) is 2.63. The van der Waals surface area contributed by atoms with Gasteiger partial charge in [0.2, 0.25) is 0 Å². The quantitative estimate of drug-likeness (QED) is 0.705. The van der Waals surface area contributed by atoms with Crippen molar-refractivity contribution in [2.45, 2.75) is 26.2 Å². The molecule has 0 saturated carbocycles. The normalized spacial score (nSPS) is 10.8. The van der Waals surface area contributed by atoms with E-state index in [9.17, 15) is 4.79 Å². The summed E-state index contributed by atoms with van der Waals surface area (Å²) in [6.07, 6.45) is 8.91. The van der Waals surface area contributed by atoms with Gasteiger partial charge in [-0.15, -0.1) is 0 Å². The summed E-state index contributed by atoms with van der Waals surface area (Å²) in [5.41, 5.74) is 14.2. The predicted molar refractivity (Wildman–Crippen MR) is 93.9 cm³/mol. The molecule has 25 heavy (non-hydrogen) atoms. The number of aromatic nitrogens is 5. The van der Waals surface area contributed by atoms with Gasteiger partial charge in [0.05, 0.1) is 30.0 Å². The standard InChI is InChI=1S/C17H19N7O/c1-2-3-6-12-15(17(19)25)23-24(11-5-4-7-20-8-11)16(12)13-9-22-14(18)10-21-13/h4-5,7-10H,2-3,6H2,1H3,(H2,18,22)(H2,19,25). The molecule has 3 heterocycles. The summed E-state index contributed by atoms with van der Waals surface area (Å²) < 4.78 is 1.64. The highest BCUT2D eigenvalue weighted by Gasteiger charge is 2.24. The molecular formula is C17H19N7O. The molecule has 0 unspecified atom stereocenters. The van der Waals surface area contributed by atoms with Crippen LogP contribution in [0.5, 0.6) is 0 Å². The number of rotatable bonds is 6. The molecule has 0 aliphatic carbocycles. The van der Waals surface area contributed by atoms with Gasteiger partial charge in [0.15, 0.2) is 5.69 Å². The zero-order chi connectivity index (χ0) is 17.8. The molecule has 0 bridgehead atoms. The van der Waals surface area contributed by atoms with Crippen LogP contribution in [0.25, 0.3) is 17.1 Å². The first kappa shape index (κ1) is 16.6. The number of pyridine rings is 1. The zero-order valence-electron chi connectivity index (χ0n) is 13.9. The van der Waals surface area contributed by atoms with E-state index in [0.29, 0.717) is 29.3 Å². The maximum Gasteiger partial charge on any atom is 0.269 e. The van der Waals surface area contributed by atoms with Gasteiger partial charge in [0.25, 0.3) is 5.91 Å². The molecule has 128 valence electrons. The third-order valence-electron chi connectivity index (χ3n) is 3.80. The summed E-state index contributed by atoms with van der Waals surface area (Å²) in [6.45, 7) is 2.08. The Kier molecular flexibility index (Phi) is 4.69. The smallest absolute Gasteiger partial charge is 0.269 e. The van der Waals surface area contributed by atoms with Gasteiger partial charge in [-0.3, -0.25) is 9.78 Å². The Morgan fingerprint density at radius 2 is 2.08 bits per heavy atom. The summed E-state index contributed by atoms with van der Waals surface area (Å²) in [7, 11) is 0. The number of carbonyl (C=O) groups is 1. The van der Waals surface area contributed by atoms with Crippen LogP contribution < -0.4 is 11.5 Å². The highest BCUT2D eigenvalue weighted by atomic mass is 16.1. The number of nitrogen functional groups attached to an aromatic ring is 1. The molecule has 4 N–H and O–H groups in total. The lowest BCUT2D eigenvalue weighted by Crippen LogP contribution is -2.14. The van der Waals surface area contributed by atoms with Crippen LogP contribution in [0, 0.1) is 0 Å². The van der Waals surface area contributed by atoms with E-state index in [2.05, 4.69) is 27.0 Å². The van der Waals surface area contributed by atoms with E-state index >= 15 is 0 Å². The van der Waals surface area contributed by atoms with Gasteiger partial charge in [0.1, 0.15) is 11.5 Å². The average molecular weight is 337 g/mol. The zero-order valence-corrected chi connectivity index (χ0v) is 13.9. The van der Waals surface area contributed by atoms with Crippen molar-refractivity contribution in [3.8, 4) is 17.1 Å². The highest BCUT2D eigenvalue weighted by Crippen LogP contribution is 2.29. The van der Waals surface area contributed by atoms with E-state index in [-0.39, 0.29) is 5.69 Å². The summed E-state index contributed by atoms with van der Waals surface area (Å²) >= 11 is 0. The highest BCUT2D eigenvalue weighted by molar-refractivity contribution is 5.94. The molecule has 8 heteroatoms. The van der Waals surface area contributed by atoms with Crippen LogP contribution >= 0.6 is 0 Å². The Morgan fingerprint density at radius 1 is 1.24 bits per heavy atom. The van der Waals surface area contributed by atoms with E-state index in [4.69, 9.17) is 11.5 Å². The molecule has 0 spiro atoms. The molecule has 3 aromatic heterocycles. The maximum atomic E-state index is 11.9. The number of amides is 1. The average Bonchev–Trinajstić information content (AvgIpc) is 3.01. The first-order chi connectivity index (χ1) is 12.1. The summed E-state index contributed by atoms with van der Waals surface area (Å²) in [5.74, 6) is -0.250. The first-order valence-corrected chi connectivity index (χ1v) is 8.01. The van der Waals surface area contributed by atoms with Gasteiger partial charge in [-0.05, 0) is 25.0 Å². The van der Waals surface area contributed by atoms with Crippen LogP contribution in [0.15, 0.2) is 36.9 Å². The molecule has 0 aliphatic heterocycles. The number of primary amides is 1. The summed E-state index contributed by atoms with van der Waals surface area (Å²) in [5, 5.41) is 4.43. The minimum absolute atomic E-state index is 0.242. The lowest BCUT2D eigenvalue weighted by molar-refractivity contribution is 0.0994. The van der Waals surface area contributed by atoms with E-state index in [1.54, 1.807) is 29.3 Å². The number of hydrogen-bond acceptors (Lipinski definition) is 6. The molecule has 8 nitrogen and oxygen atoms in total. The van der Waals surface area contributed by atoms with Crippen molar-refractivity contribution in [3.05, 3.63) is 48.2 Å². The van der Waals surface area contributed by atoms with Crippen molar-refractivity contribution in [2.24, 2.45) is 5.73 Å². The fraction of sp³-hybridized carbons (Fsp3) is 0.235. The van der Waals surface area contributed by atoms with Gasteiger partial charge in [-0.2, -0.15) is 5.10 Å². The molecule has 0 aliphatic rings. The molecule has 1 amide bonds. The number of anilines is 1. The van der Waals surface area contributed by atoms with Crippen LogP contribution in [0.2, 0.25) is 0 Å². The Morgan fingerprint density at radius 3 is 2.68 bits per heavy atom. The first-order valence-electron chi connectivity index (χ1n) is 8.01. The number of unbranched alkanes of at least 4 members (excludes halogenated alkanes) is 1. The maximum absolute atomic E-state index is 11.9. The Bertz CT molecular complexity index is 872. The van der Waals surface area contributed by atoms with Gasteiger partial charge >= 0.3 is 0 Å². The van der Waals surface area contributed by atoms with Crippen molar-refractivity contribution in [3.63, 3.8) is 0 Å². The molecule has 0 aromatic carbocycles. The van der Waals surface area contributed by atoms with Crippen LogP contribution in [0.3, 0.4) is 0 Å². The third kappa shape index (κ3) is 3.32. The molecule has 3 aromatic rings. The topological polar surface area (TPSA) is 126 Å². The lowest BCUT2D eigenvalue weighted by atomic mass is 10.0. The summed E-state index contributed by atoms with van der Waals surface area (Å²) in [4.78, 5) is 24.5. The van der Waals surface area contributed by atoms with Crippen molar-refractivity contribution in [2.75, 3.05) is 5.73 Å². The van der Waals surface area contributed by atoms with Crippen LogP contribution in [-0.2, 0) is 6.42 Å². The molecule has 0 saturated heterocycles. The van der Waals surface area contributed by atoms with Crippen LogP contribution in [0.1, 0.15) is 35.8 Å². The number of nitrogens with zero attached hydrogens (tertiary/aromatic N) is 5. The Labute approximate surface area is 144 Å². The number of carbonyl (C=O) groups excluding carboxylic acids is 1. The SMILES string of the molecule is CCCCc1c(C(N)=O)nn(-c2cccnc2)c1-c1cnc(N)cn1. The van der Waals surface area contributed by atoms with Gasteiger partial charge in [-0.25, -0.2) is 14.6 Å². The van der Waals surface area contributed by atoms with E-state index in [0.717, 1.165) is 18.4 Å². The van der Waals surface area contributed by atoms with E-state index < -0.39 is 5.91 Å². The van der Waals surface area contributed by atoms with E-state index in [1.165, 1.54) is 6.20 Å². The monoisotopic (exact) mass is 337 g/mol. The van der Waals surface area contributed by atoms with Crippen LogP contribution in [-0.4, -0.2) is 30.6 Å². The molecule has 0 fully saturated rings. The third-order valence-corrected chi connectivity index (χ3v) is 3.80. The lowest BCUT2D eigenvalue weighted by Gasteiger charge is -2.09. The van der Waals surface area contributed by atoms with Crippen molar-refractivity contribution >= 4 is 11.7 Å². The second-order valence-corrected chi connectivity index (χ2v) is 5.59.